The summed E-state index contributed by atoms with van der Waals surface area (Å²) in [5, 5.41) is 0. The molecule has 4 nitrogen and oxygen atoms in total. The monoisotopic (exact) mass is 268 g/mol. The van der Waals surface area contributed by atoms with Crippen molar-refractivity contribution < 1.29 is 19.1 Å². The zero-order valence-corrected chi connectivity index (χ0v) is 12.3. The van der Waals surface area contributed by atoms with Gasteiger partial charge in [0.15, 0.2) is 0 Å². The predicted molar refractivity (Wildman–Crippen MR) is 72.4 cm³/mol. The summed E-state index contributed by atoms with van der Waals surface area (Å²) in [4.78, 5) is 22.8. The van der Waals surface area contributed by atoms with Gasteiger partial charge in [-0.05, 0) is 30.1 Å². The van der Waals surface area contributed by atoms with Crippen LogP contribution in [0, 0.1) is 17.3 Å². The number of esters is 2. The van der Waals surface area contributed by atoms with E-state index >= 15 is 0 Å². The van der Waals surface area contributed by atoms with Gasteiger partial charge in [-0.1, -0.05) is 26.3 Å². The Morgan fingerprint density at radius 1 is 1.26 bits per heavy atom. The fourth-order valence-electron chi connectivity index (χ4n) is 2.95. The van der Waals surface area contributed by atoms with Crippen molar-refractivity contribution in [3.63, 3.8) is 0 Å². The molecule has 0 aromatic rings. The van der Waals surface area contributed by atoms with Gasteiger partial charge >= 0.3 is 11.9 Å². The van der Waals surface area contributed by atoms with Crippen LogP contribution in [0.3, 0.4) is 0 Å². The molecule has 0 N–H and O–H groups in total. The van der Waals surface area contributed by atoms with E-state index in [1.807, 2.05) is 6.08 Å². The summed E-state index contributed by atoms with van der Waals surface area (Å²) < 4.78 is 9.40. The summed E-state index contributed by atoms with van der Waals surface area (Å²) in [7, 11) is 2.78. The smallest absolute Gasteiger partial charge is 0.330 e. The van der Waals surface area contributed by atoms with Gasteiger partial charge in [0.2, 0.25) is 0 Å². The first-order valence-corrected chi connectivity index (χ1v) is 6.73. The summed E-state index contributed by atoms with van der Waals surface area (Å²) in [5.41, 5.74) is 0.0809. The van der Waals surface area contributed by atoms with Crippen LogP contribution >= 0.6 is 0 Å². The van der Waals surface area contributed by atoms with Gasteiger partial charge in [-0.3, -0.25) is 4.79 Å². The molecule has 0 radical (unpaired) electrons. The summed E-state index contributed by atoms with van der Waals surface area (Å²) in [5.74, 6) is -0.104. The maximum absolute atomic E-state index is 11.6. The summed E-state index contributed by atoms with van der Waals surface area (Å²) in [6.07, 6.45) is 6.97. The number of rotatable bonds is 4. The first kappa shape index (κ1) is 15.7. The molecule has 0 aromatic carbocycles. The van der Waals surface area contributed by atoms with Gasteiger partial charge < -0.3 is 9.47 Å². The molecule has 108 valence electrons. The second kappa shape index (κ2) is 6.73. The van der Waals surface area contributed by atoms with Crippen molar-refractivity contribution in [1.82, 2.24) is 0 Å². The van der Waals surface area contributed by atoms with Gasteiger partial charge in [-0.15, -0.1) is 0 Å². The molecule has 0 aliphatic heterocycles. The van der Waals surface area contributed by atoms with Gasteiger partial charge in [-0.25, -0.2) is 4.79 Å². The van der Waals surface area contributed by atoms with Crippen LogP contribution in [0.4, 0.5) is 0 Å². The maximum Gasteiger partial charge on any atom is 0.330 e. The minimum absolute atomic E-state index is 0.0809. The molecular weight excluding hydrogens is 244 g/mol. The van der Waals surface area contributed by atoms with Crippen molar-refractivity contribution >= 4 is 11.9 Å². The zero-order valence-electron chi connectivity index (χ0n) is 12.3. The number of carbonyl (C=O) groups is 2. The SMILES string of the molecule is COC(=O)/C=C/C1CCCC(C)(C)C1CC(=O)OC. The second-order valence-electron chi connectivity index (χ2n) is 5.81. The van der Waals surface area contributed by atoms with E-state index in [9.17, 15) is 9.59 Å². The lowest BCUT2D eigenvalue weighted by atomic mass is 9.62. The minimum Gasteiger partial charge on any atom is -0.469 e. The molecule has 1 rings (SSSR count). The molecule has 2 atom stereocenters. The van der Waals surface area contributed by atoms with E-state index in [-0.39, 0.29) is 29.2 Å². The summed E-state index contributed by atoms with van der Waals surface area (Å²) >= 11 is 0. The van der Waals surface area contributed by atoms with Gasteiger partial charge in [-0.2, -0.15) is 0 Å². The van der Waals surface area contributed by atoms with Gasteiger partial charge in [0.05, 0.1) is 14.2 Å². The van der Waals surface area contributed by atoms with Crippen molar-refractivity contribution in [2.75, 3.05) is 14.2 Å². The molecular formula is C15H24O4. The topological polar surface area (TPSA) is 52.6 Å². The van der Waals surface area contributed by atoms with Crippen LogP contribution < -0.4 is 0 Å². The van der Waals surface area contributed by atoms with Gasteiger partial charge in [0.1, 0.15) is 0 Å². The number of hydrogen-bond acceptors (Lipinski definition) is 4. The van der Waals surface area contributed by atoms with Crippen molar-refractivity contribution in [1.29, 1.82) is 0 Å². The van der Waals surface area contributed by atoms with Crippen molar-refractivity contribution in [3.05, 3.63) is 12.2 Å². The average molecular weight is 268 g/mol. The van der Waals surface area contributed by atoms with E-state index in [0.717, 1.165) is 19.3 Å². The maximum atomic E-state index is 11.6. The fourth-order valence-corrected chi connectivity index (χ4v) is 2.95. The predicted octanol–water partition coefficient (Wildman–Crippen LogP) is 2.72. The third kappa shape index (κ3) is 4.37. The molecule has 1 fully saturated rings. The van der Waals surface area contributed by atoms with Crippen LogP contribution in [0.5, 0.6) is 0 Å². The number of allylic oxidation sites excluding steroid dienone is 1. The Hall–Kier alpha value is -1.32. The van der Waals surface area contributed by atoms with E-state index in [0.29, 0.717) is 6.42 Å². The van der Waals surface area contributed by atoms with E-state index in [4.69, 9.17) is 4.74 Å². The van der Waals surface area contributed by atoms with E-state index in [2.05, 4.69) is 18.6 Å². The standard InChI is InChI=1S/C15H24O4/c1-15(2)9-5-6-11(7-8-13(16)18-3)12(15)10-14(17)19-4/h7-8,11-12H,5-6,9-10H2,1-4H3/b8-7+. The first-order chi connectivity index (χ1) is 8.90. The van der Waals surface area contributed by atoms with Crippen LogP contribution in [-0.4, -0.2) is 26.2 Å². The van der Waals surface area contributed by atoms with Crippen LogP contribution in [-0.2, 0) is 19.1 Å². The van der Waals surface area contributed by atoms with Crippen molar-refractivity contribution in [2.45, 2.75) is 39.5 Å². The number of ether oxygens (including phenoxy) is 2. The molecule has 19 heavy (non-hydrogen) atoms. The molecule has 1 aliphatic rings. The van der Waals surface area contributed by atoms with E-state index in [1.54, 1.807) is 0 Å². The second-order valence-corrected chi connectivity index (χ2v) is 5.81. The summed E-state index contributed by atoms with van der Waals surface area (Å²) in [6.45, 7) is 4.36. The third-order valence-corrected chi connectivity index (χ3v) is 4.17. The average Bonchev–Trinajstić information content (AvgIpc) is 2.38. The first-order valence-electron chi connectivity index (χ1n) is 6.73. The lowest BCUT2D eigenvalue weighted by molar-refractivity contribution is -0.143. The normalized spacial score (nSPS) is 26.1. The highest BCUT2D eigenvalue weighted by Crippen LogP contribution is 2.46. The highest BCUT2D eigenvalue weighted by atomic mass is 16.5. The number of methoxy groups -OCH3 is 2. The van der Waals surface area contributed by atoms with Crippen LogP contribution in [0.25, 0.3) is 0 Å². The Labute approximate surface area is 115 Å². The summed E-state index contributed by atoms with van der Waals surface area (Å²) in [6, 6.07) is 0. The van der Waals surface area contributed by atoms with Crippen LogP contribution in [0.2, 0.25) is 0 Å². The molecule has 0 amide bonds. The molecule has 0 spiro atoms. The number of carbonyl (C=O) groups excluding carboxylic acids is 2. The Bertz CT molecular complexity index is 357. The Kier molecular flexibility index (Phi) is 5.58. The zero-order chi connectivity index (χ0) is 14.5. The van der Waals surface area contributed by atoms with Gasteiger partial charge in [0, 0.05) is 12.5 Å². The quantitative estimate of drug-likeness (QED) is 0.581. The minimum atomic E-state index is -0.347. The van der Waals surface area contributed by atoms with Crippen molar-refractivity contribution in [2.24, 2.45) is 17.3 Å². The van der Waals surface area contributed by atoms with Gasteiger partial charge in [0.25, 0.3) is 0 Å². The van der Waals surface area contributed by atoms with Crippen LogP contribution in [0.1, 0.15) is 39.5 Å². The molecule has 1 saturated carbocycles. The lowest BCUT2D eigenvalue weighted by Gasteiger charge is -2.42. The molecule has 1 aliphatic carbocycles. The van der Waals surface area contributed by atoms with E-state index in [1.165, 1.54) is 20.3 Å². The highest BCUT2D eigenvalue weighted by molar-refractivity contribution is 5.81. The Balaban J connectivity index is 2.83. The van der Waals surface area contributed by atoms with E-state index < -0.39 is 0 Å². The Morgan fingerprint density at radius 2 is 1.95 bits per heavy atom. The molecule has 4 heteroatoms. The molecule has 0 aromatic heterocycles. The fraction of sp³-hybridized carbons (Fsp3) is 0.733. The molecule has 2 unspecified atom stereocenters. The third-order valence-electron chi connectivity index (χ3n) is 4.17. The highest BCUT2D eigenvalue weighted by Gasteiger charge is 2.39. The van der Waals surface area contributed by atoms with Crippen LogP contribution in [0.15, 0.2) is 12.2 Å². The molecule has 0 heterocycles. The van der Waals surface area contributed by atoms with Crippen molar-refractivity contribution in [3.8, 4) is 0 Å². The lowest BCUT2D eigenvalue weighted by Crippen LogP contribution is -2.36. The molecule has 0 saturated heterocycles. The number of hydrogen-bond donors (Lipinski definition) is 0. The molecule has 0 bridgehead atoms. The Morgan fingerprint density at radius 3 is 2.53 bits per heavy atom. The largest absolute Gasteiger partial charge is 0.469 e.